The van der Waals surface area contributed by atoms with Gasteiger partial charge in [0.2, 0.25) is 0 Å². The van der Waals surface area contributed by atoms with Gasteiger partial charge in [-0.15, -0.1) is 0 Å². The summed E-state index contributed by atoms with van der Waals surface area (Å²) >= 11 is 5.93. The number of hydrogen-bond acceptors (Lipinski definition) is 1. The topological polar surface area (TPSA) is 12.0 Å². The van der Waals surface area contributed by atoms with E-state index in [2.05, 4.69) is 30.4 Å². The van der Waals surface area contributed by atoms with Crippen molar-refractivity contribution in [2.75, 3.05) is 7.05 Å². The van der Waals surface area contributed by atoms with Crippen LogP contribution in [-0.4, -0.2) is 7.05 Å². The molecule has 0 radical (unpaired) electrons. The first-order valence-corrected chi connectivity index (χ1v) is 6.65. The first-order chi connectivity index (χ1) is 9.10. The van der Waals surface area contributed by atoms with Gasteiger partial charge in [0, 0.05) is 11.1 Å². The van der Waals surface area contributed by atoms with Gasteiger partial charge < -0.3 is 5.32 Å². The molecule has 0 amide bonds. The van der Waals surface area contributed by atoms with Crippen molar-refractivity contribution in [3.8, 4) is 0 Å². The van der Waals surface area contributed by atoms with Crippen molar-refractivity contribution in [3.63, 3.8) is 0 Å². The molecule has 1 unspecified atom stereocenters. The molecule has 2 rings (SSSR count). The van der Waals surface area contributed by atoms with Gasteiger partial charge in [-0.3, -0.25) is 0 Å². The standard InChI is InChI=1S/C16H17ClFN/c1-11-4-3-5-12(8-11)16(19-2)10-13-9-14(17)6-7-15(13)18/h3-9,16,19H,10H2,1-2H3. The van der Waals surface area contributed by atoms with Crippen molar-refractivity contribution in [1.82, 2.24) is 5.32 Å². The Bertz CT molecular complexity index is 568. The summed E-state index contributed by atoms with van der Waals surface area (Å²) in [5.74, 6) is -0.211. The Morgan fingerprint density at radius 3 is 2.68 bits per heavy atom. The molecule has 0 fully saturated rings. The van der Waals surface area contributed by atoms with Gasteiger partial charge in [0.1, 0.15) is 5.82 Å². The van der Waals surface area contributed by atoms with E-state index >= 15 is 0 Å². The second-order valence-electron chi connectivity index (χ2n) is 4.70. The molecule has 2 aromatic carbocycles. The number of nitrogens with one attached hydrogen (secondary N) is 1. The fraction of sp³-hybridized carbons (Fsp3) is 0.250. The molecule has 19 heavy (non-hydrogen) atoms. The molecular weight excluding hydrogens is 261 g/mol. The summed E-state index contributed by atoms with van der Waals surface area (Å²) in [6.07, 6.45) is 0.576. The fourth-order valence-corrected chi connectivity index (χ4v) is 2.39. The van der Waals surface area contributed by atoms with E-state index in [1.165, 1.54) is 11.6 Å². The van der Waals surface area contributed by atoms with Crippen molar-refractivity contribution >= 4 is 11.6 Å². The van der Waals surface area contributed by atoms with Gasteiger partial charge in [0.25, 0.3) is 0 Å². The third kappa shape index (κ3) is 3.55. The van der Waals surface area contributed by atoms with Gasteiger partial charge in [0.05, 0.1) is 0 Å². The van der Waals surface area contributed by atoms with Crippen LogP contribution >= 0.6 is 11.6 Å². The molecule has 0 heterocycles. The molecule has 0 spiro atoms. The molecule has 2 aromatic rings. The molecule has 0 bridgehead atoms. The van der Waals surface area contributed by atoms with E-state index in [4.69, 9.17) is 11.6 Å². The lowest BCUT2D eigenvalue weighted by Crippen LogP contribution is -2.19. The molecule has 3 heteroatoms. The van der Waals surface area contributed by atoms with E-state index in [1.807, 2.05) is 13.1 Å². The van der Waals surface area contributed by atoms with Crippen LogP contribution in [0.4, 0.5) is 4.39 Å². The van der Waals surface area contributed by atoms with Crippen LogP contribution in [0, 0.1) is 12.7 Å². The van der Waals surface area contributed by atoms with Gasteiger partial charge in [0.15, 0.2) is 0 Å². The van der Waals surface area contributed by atoms with Crippen LogP contribution < -0.4 is 5.32 Å². The third-order valence-corrected chi connectivity index (χ3v) is 3.46. The Hall–Kier alpha value is -1.38. The lowest BCUT2D eigenvalue weighted by atomic mass is 9.97. The number of rotatable bonds is 4. The monoisotopic (exact) mass is 277 g/mol. The van der Waals surface area contributed by atoms with Crippen molar-refractivity contribution in [3.05, 3.63) is 70.0 Å². The Labute approximate surface area is 118 Å². The average molecular weight is 278 g/mol. The normalized spacial score (nSPS) is 12.4. The smallest absolute Gasteiger partial charge is 0.126 e. The maximum Gasteiger partial charge on any atom is 0.126 e. The van der Waals surface area contributed by atoms with Crippen molar-refractivity contribution in [2.45, 2.75) is 19.4 Å². The lowest BCUT2D eigenvalue weighted by molar-refractivity contribution is 0.554. The average Bonchev–Trinajstić information content (AvgIpc) is 2.39. The fourth-order valence-electron chi connectivity index (χ4n) is 2.19. The van der Waals surface area contributed by atoms with Crippen LogP contribution in [0.5, 0.6) is 0 Å². The number of aryl methyl sites for hydroxylation is 1. The third-order valence-electron chi connectivity index (χ3n) is 3.22. The lowest BCUT2D eigenvalue weighted by Gasteiger charge is -2.18. The molecule has 1 nitrogen and oxygen atoms in total. The quantitative estimate of drug-likeness (QED) is 0.879. The summed E-state index contributed by atoms with van der Waals surface area (Å²) in [5, 5.41) is 3.80. The van der Waals surface area contributed by atoms with Crippen LogP contribution in [0.1, 0.15) is 22.7 Å². The number of likely N-dealkylation sites (N-methyl/N-ethyl adjacent to an activating group) is 1. The van der Waals surface area contributed by atoms with Crippen LogP contribution in [0.25, 0.3) is 0 Å². The summed E-state index contributed by atoms with van der Waals surface area (Å²) < 4.78 is 13.8. The van der Waals surface area contributed by atoms with Gasteiger partial charge in [-0.25, -0.2) is 4.39 Å². The predicted molar refractivity (Wildman–Crippen MR) is 78.1 cm³/mol. The molecule has 0 aliphatic carbocycles. The maximum absolute atomic E-state index is 13.8. The van der Waals surface area contributed by atoms with Crippen LogP contribution in [0.3, 0.4) is 0 Å². The van der Waals surface area contributed by atoms with Gasteiger partial charge >= 0.3 is 0 Å². The highest BCUT2D eigenvalue weighted by molar-refractivity contribution is 6.30. The zero-order valence-corrected chi connectivity index (χ0v) is 11.8. The highest BCUT2D eigenvalue weighted by Gasteiger charge is 2.13. The summed E-state index contributed by atoms with van der Waals surface area (Å²) in [6.45, 7) is 2.05. The summed E-state index contributed by atoms with van der Waals surface area (Å²) in [7, 11) is 1.88. The Morgan fingerprint density at radius 1 is 1.21 bits per heavy atom. The zero-order valence-electron chi connectivity index (χ0n) is 11.1. The Morgan fingerprint density at radius 2 is 2.00 bits per heavy atom. The van der Waals surface area contributed by atoms with Gasteiger partial charge in [-0.05, 0) is 49.7 Å². The van der Waals surface area contributed by atoms with Gasteiger partial charge in [-0.1, -0.05) is 41.4 Å². The van der Waals surface area contributed by atoms with Crippen LogP contribution in [0.15, 0.2) is 42.5 Å². The van der Waals surface area contributed by atoms with E-state index < -0.39 is 0 Å². The zero-order chi connectivity index (χ0) is 13.8. The first-order valence-electron chi connectivity index (χ1n) is 6.28. The predicted octanol–water partition coefficient (Wildman–Crippen LogP) is 4.29. The molecule has 0 aliphatic heterocycles. The minimum absolute atomic E-state index is 0.0767. The number of halogens is 2. The maximum atomic E-state index is 13.8. The molecule has 1 N–H and O–H groups in total. The Kier molecular flexibility index (Phi) is 4.56. The Balaban J connectivity index is 2.26. The molecule has 0 saturated carbocycles. The number of hydrogen-bond donors (Lipinski definition) is 1. The second kappa shape index (κ2) is 6.18. The first kappa shape index (κ1) is 14.0. The van der Waals surface area contributed by atoms with Crippen molar-refractivity contribution in [1.29, 1.82) is 0 Å². The largest absolute Gasteiger partial charge is 0.313 e. The van der Waals surface area contributed by atoms with E-state index in [1.54, 1.807) is 12.1 Å². The van der Waals surface area contributed by atoms with Crippen LogP contribution in [-0.2, 0) is 6.42 Å². The minimum atomic E-state index is -0.211. The minimum Gasteiger partial charge on any atom is -0.313 e. The summed E-state index contributed by atoms with van der Waals surface area (Å²) in [4.78, 5) is 0. The van der Waals surface area contributed by atoms with Gasteiger partial charge in [-0.2, -0.15) is 0 Å². The van der Waals surface area contributed by atoms with E-state index in [0.717, 1.165) is 5.56 Å². The highest BCUT2D eigenvalue weighted by atomic mass is 35.5. The molecule has 0 saturated heterocycles. The molecule has 100 valence electrons. The van der Waals surface area contributed by atoms with Crippen molar-refractivity contribution in [2.24, 2.45) is 0 Å². The van der Waals surface area contributed by atoms with Crippen LogP contribution in [0.2, 0.25) is 5.02 Å². The molecule has 0 aliphatic rings. The van der Waals surface area contributed by atoms with Crippen molar-refractivity contribution < 1.29 is 4.39 Å². The molecule has 0 aromatic heterocycles. The van der Waals surface area contributed by atoms with E-state index in [9.17, 15) is 4.39 Å². The van der Waals surface area contributed by atoms with E-state index in [-0.39, 0.29) is 11.9 Å². The molecular formula is C16H17ClFN. The highest BCUT2D eigenvalue weighted by Crippen LogP contribution is 2.23. The summed E-state index contributed by atoms with van der Waals surface area (Å²) in [6, 6.07) is 13.0. The summed E-state index contributed by atoms with van der Waals surface area (Å²) in [5.41, 5.74) is 2.99. The number of benzene rings is 2. The molecule has 1 atom stereocenters. The SMILES string of the molecule is CNC(Cc1cc(Cl)ccc1F)c1cccc(C)c1. The second-order valence-corrected chi connectivity index (χ2v) is 5.13. The van der Waals surface area contributed by atoms with E-state index in [0.29, 0.717) is 17.0 Å².